The van der Waals surface area contributed by atoms with Crippen molar-refractivity contribution in [2.75, 3.05) is 0 Å². The van der Waals surface area contributed by atoms with Crippen molar-refractivity contribution in [2.45, 2.75) is 6.18 Å². The van der Waals surface area contributed by atoms with E-state index < -0.39 is 17.7 Å². The molecule has 104 valence electrons. The summed E-state index contributed by atoms with van der Waals surface area (Å²) in [5.41, 5.74) is -0.245. The van der Waals surface area contributed by atoms with Gasteiger partial charge in [0, 0.05) is 15.8 Å². The smallest absolute Gasteiger partial charge is 0.416 e. The van der Waals surface area contributed by atoms with Gasteiger partial charge in [0.2, 0.25) is 0 Å². The van der Waals surface area contributed by atoms with E-state index in [0.29, 0.717) is 15.3 Å². The van der Waals surface area contributed by atoms with Crippen LogP contribution in [0, 0.1) is 0 Å². The van der Waals surface area contributed by atoms with E-state index in [2.05, 4.69) is 0 Å². The molecule has 0 atom stereocenters. The first-order chi connectivity index (χ1) is 9.36. The normalized spacial score (nSPS) is 11.9. The van der Waals surface area contributed by atoms with E-state index in [1.54, 1.807) is 18.2 Å². The molecule has 1 heterocycles. The number of alkyl halides is 3. The van der Waals surface area contributed by atoms with Crippen LogP contribution in [0.2, 0.25) is 0 Å². The number of rotatable bonds is 3. The van der Waals surface area contributed by atoms with Crippen LogP contribution in [0.25, 0.3) is 16.5 Å². The number of carboxylic acids is 1. The van der Waals surface area contributed by atoms with Gasteiger partial charge in [0.15, 0.2) is 0 Å². The van der Waals surface area contributed by atoms with E-state index in [1.165, 1.54) is 23.5 Å². The molecule has 0 bridgehead atoms. The summed E-state index contributed by atoms with van der Waals surface area (Å²) in [4.78, 5) is 11.7. The van der Waals surface area contributed by atoms with E-state index in [1.807, 2.05) is 0 Å². The molecule has 0 amide bonds. The predicted octanol–water partition coefficient (Wildman–Crippen LogP) is 4.53. The van der Waals surface area contributed by atoms with Gasteiger partial charge in [-0.25, -0.2) is 4.79 Å². The molecule has 20 heavy (non-hydrogen) atoms. The Morgan fingerprint density at radius 3 is 2.60 bits per heavy atom. The summed E-state index contributed by atoms with van der Waals surface area (Å²) in [6, 6.07) is 8.37. The molecule has 0 radical (unpaired) electrons. The number of hydrogen-bond donors (Lipinski definition) is 1. The van der Waals surface area contributed by atoms with Crippen molar-refractivity contribution in [3.8, 4) is 10.4 Å². The summed E-state index contributed by atoms with van der Waals surface area (Å²) in [5.74, 6) is -1.07. The highest BCUT2D eigenvalue weighted by atomic mass is 32.1. The SMILES string of the molecule is O=C(O)/C=C/c1ccc(-c2cccc(C(F)(F)F)c2)s1. The summed E-state index contributed by atoms with van der Waals surface area (Å²) in [6.07, 6.45) is -1.98. The van der Waals surface area contributed by atoms with Crippen LogP contribution in [0.1, 0.15) is 10.4 Å². The van der Waals surface area contributed by atoms with Crippen LogP contribution in [-0.4, -0.2) is 11.1 Å². The Labute approximate surface area is 116 Å². The molecular weight excluding hydrogens is 289 g/mol. The summed E-state index contributed by atoms with van der Waals surface area (Å²) < 4.78 is 37.9. The van der Waals surface area contributed by atoms with Gasteiger partial charge in [-0.05, 0) is 35.9 Å². The van der Waals surface area contributed by atoms with Gasteiger partial charge < -0.3 is 5.11 Å². The summed E-state index contributed by atoms with van der Waals surface area (Å²) in [7, 11) is 0. The Kier molecular flexibility index (Phi) is 3.94. The standard InChI is InChI=1S/C14H9F3O2S/c15-14(16,17)10-3-1-2-9(8-10)12-6-4-11(20-12)5-7-13(18)19/h1-8H,(H,18,19)/b7-5+. The summed E-state index contributed by atoms with van der Waals surface area (Å²) in [5, 5.41) is 8.52. The average Bonchev–Trinajstić information content (AvgIpc) is 2.84. The molecule has 6 heteroatoms. The molecule has 0 saturated heterocycles. The number of hydrogen-bond acceptors (Lipinski definition) is 2. The molecule has 0 saturated carbocycles. The van der Waals surface area contributed by atoms with Gasteiger partial charge in [-0.1, -0.05) is 12.1 Å². The Balaban J connectivity index is 2.31. The highest BCUT2D eigenvalue weighted by Crippen LogP contribution is 2.34. The lowest BCUT2D eigenvalue weighted by molar-refractivity contribution is -0.137. The highest BCUT2D eigenvalue weighted by Gasteiger charge is 2.30. The van der Waals surface area contributed by atoms with Crippen LogP contribution in [0.4, 0.5) is 13.2 Å². The van der Waals surface area contributed by atoms with Gasteiger partial charge in [-0.2, -0.15) is 13.2 Å². The molecule has 0 fully saturated rings. The van der Waals surface area contributed by atoms with E-state index >= 15 is 0 Å². The summed E-state index contributed by atoms with van der Waals surface area (Å²) >= 11 is 1.23. The lowest BCUT2D eigenvalue weighted by Crippen LogP contribution is -2.04. The first kappa shape index (κ1) is 14.3. The predicted molar refractivity (Wildman–Crippen MR) is 71.4 cm³/mol. The van der Waals surface area contributed by atoms with Crippen molar-refractivity contribution < 1.29 is 23.1 Å². The van der Waals surface area contributed by atoms with Crippen molar-refractivity contribution in [2.24, 2.45) is 0 Å². The zero-order chi connectivity index (χ0) is 14.8. The third-order valence-corrected chi connectivity index (χ3v) is 3.59. The van der Waals surface area contributed by atoms with E-state index in [-0.39, 0.29) is 0 Å². The minimum Gasteiger partial charge on any atom is -0.478 e. The second-order valence-corrected chi connectivity index (χ2v) is 5.07. The van der Waals surface area contributed by atoms with Gasteiger partial charge in [0.05, 0.1) is 5.56 Å². The molecule has 2 aromatic rings. The number of halogens is 3. The second kappa shape index (κ2) is 5.50. The van der Waals surface area contributed by atoms with Crippen molar-refractivity contribution in [3.05, 3.63) is 52.9 Å². The summed E-state index contributed by atoms with van der Waals surface area (Å²) in [6.45, 7) is 0. The van der Waals surface area contributed by atoms with Crippen molar-refractivity contribution >= 4 is 23.4 Å². The first-order valence-electron chi connectivity index (χ1n) is 5.55. The lowest BCUT2D eigenvalue weighted by atomic mass is 10.1. The maximum Gasteiger partial charge on any atom is 0.416 e. The molecule has 0 aliphatic carbocycles. The van der Waals surface area contributed by atoms with Gasteiger partial charge in [0.25, 0.3) is 0 Å². The average molecular weight is 298 g/mol. The molecule has 0 aliphatic rings. The molecule has 0 unspecified atom stereocenters. The van der Waals surface area contributed by atoms with Crippen LogP contribution in [-0.2, 0) is 11.0 Å². The second-order valence-electron chi connectivity index (χ2n) is 3.95. The number of carboxylic acid groups (broad SMARTS) is 1. The largest absolute Gasteiger partial charge is 0.478 e. The first-order valence-corrected chi connectivity index (χ1v) is 6.36. The highest BCUT2D eigenvalue weighted by molar-refractivity contribution is 7.16. The van der Waals surface area contributed by atoms with Crippen LogP contribution in [0.15, 0.2) is 42.5 Å². The molecule has 1 aromatic carbocycles. The van der Waals surface area contributed by atoms with E-state index in [0.717, 1.165) is 18.2 Å². The number of thiophene rings is 1. The maximum absolute atomic E-state index is 12.6. The minimum atomic E-state index is -4.38. The van der Waals surface area contributed by atoms with Gasteiger partial charge in [0.1, 0.15) is 0 Å². The zero-order valence-electron chi connectivity index (χ0n) is 10.0. The fourth-order valence-corrected chi connectivity index (χ4v) is 2.51. The topological polar surface area (TPSA) is 37.3 Å². The number of aliphatic carboxylic acids is 1. The molecule has 1 aromatic heterocycles. The molecule has 1 N–H and O–H groups in total. The Hall–Kier alpha value is -2.08. The minimum absolute atomic E-state index is 0.458. The van der Waals surface area contributed by atoms with E-state index in [4.69, 9.17) is 5.11 Å². The van der Waals surface area contributed by atoms with Crippen molar-refractivity contribution in [3.63, 3.8) is 0 Å². The fraction of sp³-hybridized carbons (Fsp3) is 0.0714. The monoisotopic (exact) mass is 298 g/mol. The van der Waals surface area contributed by atoms with Gasteiger partial charge >= 0.3 is 12.1 Å². The van der Waals surface area contributed by atoms with Crippen LogP contribution in [0.3, 0.4) is 0 Å². The molecule has 2 nitrogen and oxygen atoms in total. The number of carbonyl (C=O) groups is 1. The van der Waals surface area contributed by atoms with Crippen LogP contribution in [0.5, 0.6) is 0 Å². The zero-order valence-corrected chi connectivity index (χ0v) is 10.8. The Bertz CT molecular complexity index is 656. The fourth-order valence-electron chi connectivity index (χ4n) is 1.60. The van der Waals surface area contributed by atoms with Crippen molar-refractivity contribution in [1.82, 2.24) is 0 Å². The van der Waals surface area contributed by atoms with Gasteiger partial charge in [-0.15, -0.1) is 11.3 Å². The maximum atomic E-state index is 12.6. The Morgan fingerprint density at radius 2 is 1.95 bits per heavy atom. The molecule has 2 rings (SSSR count). The number of benzene rings is 1. The molecule has 0 spiro atoms. The molecule has 0 aliphatic heterocycles. The van der Waals surface area contributed by atoms with Crippen LogP contribution < -0.4 is 0 Å². The third kappa shape index (κ3) is 3.48. The lowest BCUT2D eigenvalue weighted by Gasteiger charge is -2.07. The third-order valence-electron chi connectivity index (χ3n) is 2.49. The van der Waals surface area contributed by atoms with Crippen molar-refractivity contribution in [1.29, 1.82) is 0 Å². The molecular formula is C14H9F3O2S. The quantitative estimate of drug-likeness (QED) is 0.845. The Morgan fingerprint density at radius 1 is 1.20 bits per heavy atom. The van der Waals surface area contributed by atoms with Crippen LogP contribution >= 0.6 is 11.3 Å². The van der Waals surface area contributed by atoms with Gasteiger partial charge in [-0.3, -0.25) is 0 Å². The van der Waals surface area contributed by atoms with E-state index in [9.17, 15) is 18.0 Å².